The van der Waals surface area contributed by atoms with E-state index < -0.39 is 0 Å². The topological polar surface area (TPSA) is 67.2 Å². The molecule has 0 spiro atoms. The van der Waals surface area contributed by atoms with Crippen LogP contribution in [-0.4, -0.2) is 39.5 Å². The molecule has 1 aromatic heterocycles. The first-order valence-corrected chi connectivity index (χ1v) is 10.6. The Morgan fingerprint density at radius 1 is 1.17 bits per heavy atom. The number of rotatable bonds is 5. The molecule has 3 aromatic rings. The zero-order chi connectivity index (χ0) is 21.1. The van der Waals surface area contributed by atoms with E-state index in [1.807, 2.05) is 17.0 Å². The molecule has 2 aromatic carbocycles. The van der Waals surface area contributed by atoms with Gasteiger partial charge in [-0.25, -0.2) is 4.98 Å². The van der Waals surface area contributed by atoms with E-state index in [4.69, 9.17) is 0 Å². The lowest BCUT2D eigenvalue weighted by Gasteiger charge is -2.34. The summed E-state index contributed by atoms with van der Waals surface area (Å²) in [7, 11) is 0. The number of hydrogen-bond donors (Lipinski definition) is 1. The predicted molar refractivity (Wildman–Crippen MR) is 120 cm³/mol. The SMILES string of the molecule is CC(C)c1ccc(N[C@@H]2CCCN(C(=O)Cn3cnc4ccccc4c3=O)C2)cc1. The number of fused-ring (bicyclic) bond motifs is 1. The van der Waals surface area contributed by atoms with Crippen LogP contribution in [0.5, 0.6) is 0 Å². The highest BCUT2D eigenvalue weighted by molar-refractivity contribution is 5.79. The quantitative estimate of drug-likeness (QED) is 0.705. The number of carbonyl (C=O) groups is 1. The van der Waals surface area contributed by atoms with Crippen LogP contribution in [0, 0.1) is 0 Å². The number of benzene rings is 2. The van der Waals surface area contributed by atoms with Crippen LogP contribution in [0.3, 0.4) is 0 Å². The van der Waals surface area contributed by atoms with Crippen molar-refractivity contribution in [2.45, 2.75) is 45.2 Å². The second-order valence-electron chi connectivity index (χ2n) is 8.29. The molecule has 0 unspecified atom stereocenters. The van der Waals surface area contributed by atoms with Gasteiger partial charge < -0.3 is 10.2 Å². The normalized spacial score (nSPS) is 16.8. The number of carbonyl (C=O) groups excluding carboxylic acids is 1. The van der Waals surface area contributed by atoms with Gasteiger partial charge in [0.05, 0.1) is 17.2 Å². The number of amides is 1. The van der Waals surface area contributed by atoms with E-state index in [0.717, 1.165) is 25.1 Å². The van der Waals surface area contributed by atoms with Crippen molar-refractivity contribution in [1.29, 1.82) is 0 Å². The Hall–Kier alpha value is -3.15. The lowest BCUT2D eigenvalue weighted by molar-refractivity contribution is -0.132. The van der Waals surface area contributed by atoms with E-state index in [0.29, 0.717) is 23.4 Å². The Morgan fingerprint density at radius 2 is 1.93 bits per heavy atom. The zero-order valence-electron chi connectivity index (χ0n) is 17.5. The van der Waals surface area contributed by atoms with Crippen LogP contribution >= 0.6 is 0 Å². The number of aromatic nitrogens is 2. The first-order chi connectivity index (χ1) is 14.5. The summed E-state index contributed by atoms with van der Waals surface area (Å²) < 4.78 is 1.41. The van der Waals surface area contributed by atoms with Crippen LogP contribution in [0.1, 0.15) is 38.2 Å². The molecule has 4 rings (SSSR count). The van der Waals surface area contributed by atoms with Crippen LogP contribution in [0.25, 0.3) is 10.9 Å². The molecule has 30 heavy (non-hydrogen) atoms. The summed E-state index contributed by atoms with van der Waals surface area (Å²) >= 11 is 0. The molecule has 1 fully saturated rings. The molecule has 1 aliphatic heterocycles. The third-order valence-corrected chi connectivity index (χ3v) is 5.76. The maximum atomic E-state index is 12.9. The Labute approximate surface area is 176 Å². The van der Waals surface area contributed by atoms with Gasteiger partial charge in [0.15, 0.2) is 0 Å². The van der Waals surface area contributed by atoms with Crippen molar-refractivity contribution in [2.24, 2.45) is 0 Å². The molecule has 6 nitrogen and oxygen atoms in total. The largest absolute Gasteiger partial charge is 0.381 e. The summed E-state index contributed by atoms with van der Waals surface area (Å²) in [5.74, 6) is 0.464. The molecule has 156 valence electrons. The molecule has 0 saturated carbocycles. The van der Waals surface area contributed by atoms with Crippen molar-refractivity contribution in [2.75, 3.05) is 18.4 Å². The lowest BCUT2D eigenvalue weighted by atomic mass is 10.0. The van der Waals surface area contributed by atoms with Crippen LogP contribution in [0.4, 0.5) is 5.69 Å². The highest BCUT2D eigenvalue weighted by atomic mass is 16.2. The van der Waals surface area contributed by atoms with E-state index >= 15 is 0 Å². The summed E-state index contributed by atoms with van der Waals surface area (Å²) in [6, 6.07) is 15.9. The average Bonchev–Trinajstić information content (AvgIpc) is 2.76. The summed E-state index contributed by atoms with van der Waals surface area (Å²) in [4.78, 5) is 31.7. The predicted octanol–water partition coefficient (Wildman–Crippen LogP) is 3.62. The molecule has 1 amide bonds. The molecule has 6 heteroatoms. The zero-order valence-corrected chi connectivity index (χ0v) is 17.5. The van der Waals surface area contributed by atoms with Crippen molar-refractivity contribution >= 4 is 22.5 Å². The van der Waals surface area contributed by atoms with E-state index in [9.17, 15) is 9.59 Å². The van der Waals surface area contributed by atoms with E-state index in [-0.39, 0.29) is 24.1 Å². The van der Waals surface area contributed by atoms with Gasteiger partial charge in [-0.2, -0.15) is 0 Å². The molecule has 1 N–H and O–H groups in total. The smallest absolute Gasteiger partial charge is 0.261 e. The first-order valence-electron chi connectivity index (χ1n) is 10.6. The van der Waals surface area contributed by atoms with Crippen LogP contribution in [-0.2, 0) is 11.3 Å². The summed E-state index contributed by atoms with van der Waals surface area (Å²) in [5.41, 5.74) is 2.87. The average molecular weight is 405 g/mol. The van der Waals surface area contributed by atoms with Gasteiger partial charge in [0.2, 0.25) is 5.91 Å². The molecule has 0 radical (unpaired) electrons. The third kappa shape index (κ3) is 4.37. The number of para-hydroxylation sites is 1. The van der Waals surface area contributed by atoms with Crippen molar-refractivity contribution in [1.82, 2.24) is 14.5 Å². The Balaban J connectivity index is 1.41. The number of anilines is 1. The standard InChI is InChI=1S/C24H28N4O2/c1-17(2)18-9-11-19(12-10-18)26-20-6-5-13-27(14-20)23(29)15-28-16-25-22-8-4-3-7-21(22)24(28)30/h3-4,7-12,16-17,20,26H,5-6,13-15H2,1-2H3/t20-/m1/s1. The van der Waals surface area contributed by atoms with Crippen molar-refractivity contribution in [3.63, 3.8) is 0 Å². The highest BCUT2D eigenvalue weighted by Gasteiger charge is 2.24. The molecular formula is C24H28N4O2. The number of hydrogen-bond acceptors (Lipinski definition) is 4. The van der Waals surface area contributed by atoms with Gasteiger partial charge in [0.25, 0.3) is 5.56 Å². The number of nitrogens with one attached hydrogen (secondary N) is 1. The molecule has 1 aliphatic rings. The first kappa shape index (κ1) is 20.1. The maximum Gasteiger partial charge on any atom is 0.261 e. The minimum atomic E-state index is -0.175. The van der Waals surface area contributed by atoms with E-state index in [1.165, 1.54) is 16.5 Å². The molecule has 0 bridgehead atoms. The van der Waals surface area contributed by atoms with Gasteiger partial charge in [-0.1, -0.05) is 38.1 Å². The van der Waals surface area contributed by atoms with Crippen molar-refractivity contribution in [3.8, 4) is 0 Å². The maximum absolute atomic E-state index is 12.9. The van der Waals surface area contributed by atoms with Gasteiger partial charge in [-0.05, 0) is 48.6 Å². The monoisotopic (exact) mass is 404 g/mol. The Bertz CT molecular complexity index is 1090. The van der Waals surface area contributed by atoms with Gasteiger partial charge in [0, 0.05) is 24.8 Å². The minimum Gasteiger partial charge on any atom is -0.381 e. The third-order valence-electron chi connectivity index (χ3n) is 5.76. The fourth-order valence-corrected chi connectivity index (χ4v) is 3.99. The van der Waals surface area contributed by atoms with Crippen molar-refractivity contribution in [3.05, 3.63) is 70.8 Å². The second-order valence-corrected chi connectivity index (χ2v) is 8.29. The van der Waals surface area contributed by atoms with E-state index in [1.54, 1.807) is 12.1 Å². The van der Waals surface area contributed by atoms with Gasteiger partial charge in [-0.15, -0.1) is 0 Å². The summed E-state index contributed by atoms with van der Waals surface area (Å²) in [6.45, 7) is 5.75. The lowest BCUT2D eigenvalue weighted by Crippen LogP contribution is -2.46. The Morgan fingerprint density at radius 3 is 2.70 bits per heavy atom. The number of likely N-dealkylation sites (tertiary alicyclic amines) is 1. The van der Waals surface area contributed by atoms with Crippen LogP contribution in [0.15, 0.2) is 59.7 Å². The molecular weight excluding hydrogens is 376 g/mol. The van der Waals surface area contributed by atoms with Gasteiger partial charge >= 0.3 is 0 Å². The highest BCUT2D eigenvalue weighted by Crippen LogP contribution is 2.20. The molecule has 2 heterocycles. The number of piperidine rings is 1. The fourth-order valence-electron chi connectivity index (χ4n) is 3.99. The molecule has 1 atom stereocenters. The molecule has 0 aliphatic carbocycles. The minimum absolute atomic E-state index is 0.0203. The van der Waals surface area contributed by atoms with Gasteiger partial charge in [0.1, 0.15) is 6.54 Å². The summed E-state index contributed by atoms with van der Waals surface area (Å²) in [6.07, 6.45) is 3.43. The fraction of sp³-hybridized carbons (Fsp3) is 0.375. The molecule has 1 saturated heterocycles. The van der Waals surface area contributed by atoms with E-state index in [2.05, 4.69) is 48.4 Å². The van der Waals surface area contributed by atoms with Crippen LogP contribution < -0.4 is 10.9 Å². The second kappa shape index (κ2) is 8.69. The van der Waals surface area contributed by atoms with Crippen molar-refractivity contribution < 1.29 is 4.79 Å². The number of nitrogens with zero attached hydrogens (tertiary/aromatic N) is 3. The Kier molecular flexibility index (Phi) is 5.84. The van der Waals surface area contributed by atoms with Crippen LogP contribution in [0.2, 0.25) is 0 Å². The van der Waals surface area contributed by atoms with Gasteiger partial charge in [-0.3, -0.25) is 14.2 Å². The summed E-state index contributed by atoms with van der Waals surface area (Å²) in [5, 5.41) is 4.09.